The van der Waals surface area contributed by atoms with E-state index in [1.807, 2.05) is 0 Å². The predicted octanol–water partition coefficient (Wildman–Crippen LogP) is 1.92. The first-order valence-corrected chi connectivity index (χ1v) is 5.75. The molecule has 0 amide bonds. The van der Waals surface area contributed by atoms with Crippen molar-refractivity contribution in [1.82, 2.24) is 9.97 Å². The van der Waals surface area contributed by atoms with Gasteiger partial charge in [0, 0.05) is 24.2 Å². The van der Waals surface area contributed by atoms with Gasteiger partial charge in [-0.3, -0.25) is 19.6 Å². The molecule has 2 rings (SSSR count). The summed E-state index contributed by atoms with van der Waals surface area (Å²) in [5.41, 5.74) is 0.901. The third-order valence-electron chi connectivity index (χ3n) is 2.70. The zero-order chi connectivity index (χ0) is 13.7. The van der Waals surface area contributed by atoms with E-state index < -0.39 is 11.9 Å². The molecule has 5 nitrogen and oxygen atoms in total. The van der Waals surface area contributed by atoms with E-state index in [4.69, 9.17) is 5.11 Å². The molecule has 0 spiro atoms. The van der Waals surface area contributed by atoms with Gasteiger partial charge in [0.15, 0.2) is 5.78 Å². The Kier molecular flexibility index (Phi) is 3.97. The number of aliphatic carboxylic acids is 1. The summed E-state index contributed by atoms with van der Waals surface area (Å²) in [5.74, 6) is -2.07. The first kappa shape index (κ1) is 12.9. The molecule has 1 unspecified atom stereocenters. The Morgan fingerprint density at radius 3 is 2.42 bits per heavy atom. The molecule has 2 heterocycles. The fourth-order valence-corrected chi connectivity index (χ4v) is 1.81. The Balaban J connectivity index is 2.33. The minimum Gasteiger partial charge on any atom is -0.481 e. The number of ketones is 1. The van der Waals surface area contributed by atoms with Crippen LogP contribution >= 0.6 is 0 Å². The number of hydrogen-bond acceptors (Lipinski definition) is 4. The molecule has 0 aliphatic rings. The average Bonchev–Trinajstić information content (AvgIpc) is 2.46. The highest BCUT2D eigenvalue weighted by Gasteiger charge is 2.25. The summed E-state index contributed by atoms with van der Waals surface area (Å²) in [6, 6.07) is 8.25. The van der Waals surface area contributed by atoms with Gasteiger partial charge in [-0.15, -0.1) is 0 Å². The molecule has 19 heavy (non-hydrogen) atoms. The van der Waals surface area contributed by atoms with Crippen LogP contribution in [0.4, 0.5) is 0 Å². The molecule has 0 fully saturated rings. The van der Waals surface area contributed by atoms with Crippen LogP contribution in [-0.2, 0) is 4.79 Å². The quantitative estimate of drug-likeness (QED) is 0.826. The zero-order valence-corrected chi connectivity index (χ0v) is 10.1. The van der Waals surface area contributed by atoms with Crippen LogP contribution in [0.3, 0.4) is 0 Å². The minimum absolute atomic E-state index is 0.261. The van der Waals surface area contributed by atoms with Crippen LogP contribution < -0.4 is 0 Å². The largest absolute Gasteiger partial charge is 0.481 e. The van der Waals surface area contributed by atoms with Crippen molar-refractivity contribution in [3.05, 3.63) is 60.2 Å². The summed E-state index contributed by atoms with van der Waals surface area (Å²) in [4.78, 5) is 31.2. The van der Waals surface area contributed by atoms with E-state index in [0.717, 1.165) is 0 Å². The monoisotopic (exact) mass is 256 g/mol. The van der Waals surface area contributed by atoms with Gasteiger partial charge in [0.25, 0.3) is 0 Å². The molecule has 1 N–H and O–H groups in total. The maximum atomic E-state index is 12.3. The molecule has 0 aliphatic heterocycles. The maximum absolute atomic E-state index is 12.3. The lowest BCUT2D eigenvalue weighted by atomic mass is 9.91. The smallest absolute Gasteiger partial charge is 0.304 e. The topological polar surface area (TPSA) is 80.1 Å². The summed E-state index contributed by atoms with van der Waals surface area (Å²) in [7, 11) is 0. The molecule has 0 bridgehead atoms. The van der Waals surface area contributed by atoms with Crippen molar-refractivity contribution in [2.45, 2.75) is 12.3 Å². The molecule has 1 atom stereocenters. The van der Waals surface area contributed by atoms with Gasteiger partial charge in [-0.25, -0.2) is 0 Å². The van der Waals surface area contributed by atoms with Crippen molar-refractivity contribution in [2.75, 3.05) is 0 Å². The predicted molar refractivity (Wildman–Crippen MR) is 67.8 cm³/mol. The number of carbonyl (C=O) groups excluding carboxylic acids is 1. The van der Waals surface area contributed by atoms with E-state index in [9.17, 15) is 9.59 Å². The van der Waals surface area contributed by atoms with E-state index in [-0.39, 0.29) is 12.2 Å². The number of Topliss-reactive ketones (excluding diaryl/α,β-unsaturated/α-hetero) is 1. The summed E-state index contributed by atoms with van der Waals surface area (Å²) >= 11 is 0. The number of rotatable bonds is 5. The lowest BCUT2D eigenvalue weighted by Crippen LogP contribution is -2.18. The van der Waals surface area contributed by atoms with Crippen molar-refractivity contribution in [3.63, 3.8) is 0 Å². The number of carbonyl (C=O) groups is 2. The molecule has 96 valence electrons. The fourth-order valence-electron chi connectivity index (χ4n) is 1.81. The van der Waals surface area contributed by atoms with Crippen LogP contribution in [0, 0.1) is 0 Å². The number of carboxylic acid groups (broad SMARTS) is 1. The molecule has 0 saturated heterocycles. The van der Waals surface area contributed by atoms with E-state index in [0.29, 0.717) is 11.3 Å². The van der Waals surface area contributed by atoms with Crippen LogP contribution in [-0.4, -0.2) is 26.8 Å². The van der Waals surface area contributed by atoms with Crippen LogP contribution in [0.15, 0.2) is 48.9 Å². The minimum atomic E-state index is -1.03. The Labute approximate surface area is 110 Å². The van der Waals surface area contributed by atoms with Crippen molar-refractivity contribution in [2.24, 2.45) is 0 Å². The van der Waals surface area contributed by atoms with Crippen LogP contribution in [0.25, 0.3) is 0 Å². The molecule has 0 aliphatic carbocycles. The first-order valence-electron chi connectivity index (χ1n) is 5.75. The number of pyridine rings is 2. The maximum Gasteiger partial charge on any atom is 0.304 e. The van der Waals surface area contributed by atoms with Gasteiger partial charge in [0.1, 0.15) is 0 Å². The van der Waals surface area contributed by atoms with Crippen molar-refractivity contribution in [1.29, 1.82) is 0 Å². The summed E-state index contributed by atoms with van der Waals surface area (Å²) in [5, 5.41) is 8.95. The third-order valence-corrected chi connectivity index (χ3v) is 2.70. The molecular weight excluding hydrogens is 244 g/mol. The molecule has 2 aromatic heterocycles. The normalized spacial score (nSPS) is 11.8. The zero-order valence-electron chi connectivity index (χ0n) is 10.1. The first-order chi connectivity index (χ1) is 9.18. The van der Waals surface area contributed by atoms with E-state index in [1.165, 1.54) is 12.4 Å². The van der Waals surface area contributed by atoms with Crippen molar-refractivity contribution < 1.29 is 14.7 Å². The second kappa shape index (κ2) is 5.86. The molecule has 0 saturated carbocycles. The second-order valence-electron chi connectivity index (χ2n) is 4.01. The van der Waals surface area contributed by atoms with Crippen LogP contribution in [0.5, 0.6) is 0 Å². The fraction of sp³-hybridized carbons (Fsp3) is 0.143. The highest BCUT2D eigenvalue weighted by atomic mass is 16.4. The SMILES string of the molecule is O=C(O)CC(C(=O)c1ccncc1)c1ccccn1. The number of aromatic nitrogens is 2. The van der Waals surface area contributed by atoms with Gasteiger partial charge in [0.05, 0.1) is 18.0 Å². The lowest BCUT2D eigenvalue weighted by Gasteiger charge is -2.13. The number of nitrogens with zero attached hydrogens (tertiary/aromatic N) is 2. The second-order valence-corrected chi connectivity index (χ2v) is 4.01. The van der Waals surface area contributed by atoms with Gasteiger partial charge < -0.3 is 5.11 Å². The molecule has 5 heteroatoms. The highest BCUT2D eigenvalue weighted by Crippen LogP contribution is 2.22. The van der Waals surface area contributed by atoms with Crippen LogP contribution in [0.2, 0.25) is 0 Å². The lowest BCUT2D eigenvalue weighted by molar-refractivity contribution is -0.137. The number of carboxylic acids is 1. The Morgan fingerprint density at radius 2 is 1.84 bits per heavy atom. The van der Waals surface area contributed by atoms with Crippen molar-refractivity contribution >= 4 is 11.8 Å². The highest BCUT2D eigenvalue weighted by molar-refractivity contribution is 6.02. The van der Waals surface area contributed by atoms with Gasteiger partial charge in [0.2, 0.25) is 0 Å². The summed E-state index contributed by atoms with van der Waals surface area (Å²) in [6.07, 6.45) is 4.27. The molecule has 2 aromatic rings. The summed E-state index contributed by atoms with van der Waals surface area (Å²) < 4.78 is 0. The van der Waals surface area contributed by atoms with Gasteiger partial charge in [-0.2, -0.15) is 0 Å². The molecular formula is C14H12N2O3. The third kappa shape index (κ3) is 3.22. The number of hydrogen-bond donors (Lipinski definition) is 1. The van der Waals surface area contributed by atoms with E-state index in [2.05, 4.69) is 9.97 Å². The Hall–Kier alpha value is -2.56. The molecule has 0 aromatic carbocycles. The van der Waals surface area contributed by atoms with Crippen LogP contribution in [0.1, 0.15) is 28.4 Å². The average molecular weight is 256 g/mol. The van der Waals surface area contributed by atoms with Gasteiger partial charge in [-0.1, -0.05) is 6.07 Å². The van der Waals surface area contributed by atoms with Gasteiger partial charge in [-0.05, 0) is 24.3 Å². The Bertz CT molecular complexity index is 570. The Morgan fingerprint density at radius 1 is 1.11 bits per heavy atom. The van der Waals surface area contributed by atoms with E-state index in [1.54, 1.807) is 36.5 Å². The van der Waals surface area contributed by atoms with Gasteiger partial charge >= 0.3 is 5.97 Å². The van der Waals surface area contributed by atoms with Crippen molar-refractivity contribution in [3.8, 4) is 0 Å². The summed E-state index contributed by atoms with van der Waals surface area (Å²) in [6.45, 7) is 0. The standard InChI is InChI=1S/C14H12N2O3/c17-13(18)9-11(12-3-1-2-6-16-12)14(19)10-4-7-15-8-5-10/h1-8,11H,9H2,(H,17,18). The van der Waals surface area contributed by atoms with E-state index >= 15 is 0 Å². The molecule has 0 radical (unpaired) electrons.